The van der Waals surface area contributed by atoms with Gasteiger partial charge < -0.3 is 14.5 Å². The van der Waals surface area contributed by atoms with Crippen LogP contribution >= 0.6 is 0 Å². The number of ether oxygens (including phenoxy) is 1. The summed E-state index contributed by atoms with van der Waals surface area (Å²) in [4.78, 5) is 19.4. The van der Waals surface area contributed by atoms with Crippen LogP contribution in [0.25, 0.3) is 0 Å². The Morgan fingerprint density at radius 1 is 1.10 bits per heavy atom. The quantitative estimate of drug-likeness (QED) is 0.767. The third-order valence-corrected chi connectivity index (χ3v) is 6.93. The van der Waals surface area contributed by atoms with Crippen LogP contribution in [0.15, 0.2) is 24.3 Å². The number of anilines is 1. The Labute approximate surface area is 175 Å². The number of para-hydroxylation sites is 1. The van der Waals surface area contributed by atoms with Crippen LogP contribution in [0.1, 0.15) is 57.9 Å². The molecule has 1 aliphatic carbocycles. The number of hydrogen-bond acceptors (Lipinski definition) is 4. The number of carbonyl (C=O) groups excluding carboxylic acids is 1. The van der Waals surface area contributed by atoms with E-state index in [0.717, 1.165) is 38.6 Å². The third-order valence-electron chi connectivity index (χ3n) is 6.93. The minimum atomic E-state index is -0.409. The lowest BCUT2D eigenvalue weighted by Gasteiger charge is -2.60. The first-order valence-electron chi connectivity index (χ1n) is 11.4. The average molecular weight is 398 g/mol. The molecule has 5 nitrogen and oxygen atoms in total. The molecular weight excluding hydrogens is 362 g/mol. The van der Waals surface area contributed by atoms with Gasteiger partial charge in [0.1, 0.15) is 5.60 Å². The molecule has 1 aromatic carbocycles. The van der Waals surface area contributed by atoms with Crippen molar-refractivity contribution in [1.82, 2.24) is 9.80 Å². The number of hydrogen-bond donors (Lipinski definition) is 0. The van der Waals surface area contributed by atoms with Gasteiger partial charge in [-0.25, -0.2) is 4.79 Å². The molecule has 1 saturated carbocycles. The minimum Gasteiger partial charge on any atom is -0.444 e. The molecule has 0 radical (unpaired) electrons. The fourth-order valence-corrected chi connectivity index (χ4v) is 5.58. The summed E-state index contributed by atoms with van der Waals surface area (Å²) in [5.74, 6) is 0.800. The molecule has 4 fully saturated rings. The summed E-state index contributed by atoms with van der Waals surface area (Å²) in [5, 5.41) is 0. The van der Waals surface area contributed by atoms with Gasteiger partial charge in [0.25, 0.3) is 0 Å². The molecule has 1 amide bonds. The van der Waals surface area contributed by atoms with Crippen molar-refractivity contribution in [3.05, 3.63) is 29.8 Å². The summed E-state index contributed by atoms with van der Waals surface area (Å²) in [7, 11) is 0. The van der Waals surface area contributed by atoms with Gasteiger partial charge in [-0.15, -0.1) is 0 Å². The summed E-state index contributed by atoms with van der Waals surface area (Å²) in [6.07, 6.45) is 5.17. The van der Waals surface area contributed by atoms with Crippen LogP contribution in [0.2, 0.25) is 0 Å². The number of amides is 1. The van der Waals surface area contributed by atoms with E-state index in [0.29, 0.717) is 11.5 Å². The van der Waals surface area contributed by atoms with E-state index in [2.05, 4.69) is 34.1 Å². The van der Waals surface area contributed by atoms with Crippen LogP contribution < -0.4 is 4.90 Å². The summed E-state index contributed by atoms with van der Waals surface area (Å²) in [5.41, 5.74) is 2.99. The van der Waals surface area contributed by atoms with Gasteiger partial charge in [-0.05, 0) is 64.0 Å². The number of nitrogens with zero attached hydrogens (tertiary/aromatic N) is 3. The van der Waals surface area contributed by atoms with Crippen molar-refractivity contribution in [2.75, 3.05) is 44.2 Å². The van der Waals surface area contributed by atoms with Crippen molar-refractivity contribution >= 4 is 11.8 Å². The highest BCUT2D eigenvalue weighted by Gasteiger charge is 2.54. The van der Waals surface area contributed by atoms with Gasteiger partial charge in [0, 0.05) is 56.4 Å². The third kappa shape index (κ3) is 3.86. The Morgan fingerprint density at radius 2 is 1.83 bits per heavy atom. The Kier molecular flexibility index (Phi) is 4.57. The van der Waals surface area contributed by atoms with Crippen molar-refractivity contribution in [2.45, 2.75) is 64.0 Å². The second-order valence-electron chi connectivity index (χ2n) is 10.8. The first kappa shape index (κ1) is 19.2. The zero-order valence-electron chi connectivity index (χ0n) is 18.2. The van der Waals surface area contributed by atoms with Crippen LogP contribution in [-0.4, -0.2) is 66.8 Å². The van der Waals surface area contributed by atoms with Gasteiger partial charge in [-0.3, -0.25) is 4.90 Å². The molecule has 0 aromatic heterocycles. The molecule has 4 aliphatic rings. The van der Waals surface area contributed by atoms with Crippen molar-refractivity contribution in [3.63, 3.8) is 0 Å². The van der Waals surface area contributed by atoms with Crippen molar-refractivity contribution < 1.29 is 9.53 Å². The van der Waals surface area contributed by atoms with Crippen LogP contribution in [-0.2, 0) is 4.74 Å². The standard InChI is InChI=1S/C24H35N3O2/c1-23(2,3)29-22(28)26-16-24(17-26)14-25(15-24)13-19-7-6-12-27(19)21-9-5-4-8-20(21)18-10-11-18/h4-5,8-9,18-19H,6-7,10-17H2,1-3H3. The van der Waals surface area contributed by atoms with Gasteiger partial charge in [-0.2, -0.15) is 0 Å². The highest BCUT2D eigenvalue weighted by Crippen LogP contribution is 2.46. The lowest BCUT2D eigenvalue weighted by atomic mass is 9.73. The first-order valence-corrected chi connectivity index (χ1v) is 11.4. The molecule has 0 N–H and O–H groups in total. The van der Waals surface area contributed by atoms with Gasteiger partial charge in [0.05, 0.1) is 0 Å². The summed E-state index contributed by atoms with van der Waals surface area (Å²) >= 11 is 0. The average Bonchev–Trinajstić information content (AvgIpc) is 3.33. The minimum absolute atomic E-state index is 0.153. The van der Waals surface area contributed by atoms with E-state index in [4.69, 9.17) is 4.74 Å². The van der Waals surface area contributed by atoms with Crippen molar-refractivity contribution in [1.29, 1.82) is 0 Å². The summed E-state index contributed by atoms with van der Waals surface area (Å²) in [6, 6.07) is 9.73. The molecule has 1 atom stereocenters. The maximum atomic E-state index is 12.2. The predicted octanol–water partition coefficient (Wildman–Crippen LogP) is 4.09. The van der Waals surface area contributed by atoms with E-state index in [9.17, 15) is 4.79 Å². The lowest BCUT2D eigenvalue weighted by molar-refractivity contribution is -0.113. The number of likely N-dealkylation sites (tertiary alicyclic amines) is 2. The van der Waals surface area contributed by atoms with Gasteiger partial charge in [-0.1, -0.05) is 18.2 Å². The first-order chi connectivity index (χ1) is 13.8. The largest absolute Gasteiger partial charge is 0.444 e. The second kappa shape index (κ2) is 6.90. The highest BCUT2D eigenvalue weighted by molar-refractivity contribution is 5.69. The summed E-state index contributed by atoms with van der Waals surface area (Å²) < 4.78 is 5.50. The normalized spacial score (nSPS) is 26.4. The molecule has 3 aliphatic heterocycles. The maximum absolute atomic E-state index is 12.2. The van der Waals surface area contributed by atoms with Crippen molar-refractivity contribution in [2.24, 2.45) is 5.41 Å². The Bertz CT molecular complexity index is 769. The van der Waals surface area contributed by atoms with E-state index in [1.807, 2.05) is 25.7 Å². The Hall–Kier alpha value is -1.75. The molecule has 5 rings (SSSR count). The predicted molar refractivity (Wildman–Crippen MR) is 115 cm³/mol. The number of rotatable bonds is 4. The molecule has 0 bridgehead atoms. The second-order valence-corrected chi connectivity index (χ2v) is 10.8. The smallest absolute Gasteiger partial charge is 0.410 e. The van der Waals surface area contributed by atoms with E-state index < -0.39 is 5.60 Å². The number of benzene rings is 1. The van der Waals surface area contributed by atoms with Gasteiger partial charge in [0.2, 0.25) is 0 Å². The molecule has 29 heavy (non-hydrogen) atoms. The van der Waals surface area contributed by atoms with E-state index in [1.54, 1.807) is 5.56 Å². The Balaban J connectivity index is 1.14. The molecule has 3 heterocycles. The summed E-state index contributed by atoms with van der Waals surface area (Å²) in [6.45, 7) is 12.1. The maximum Gasteiger partial charge on any atom is 0.410 e. The SMILES string of the molecule is CC(C)(C)OC(=O)N1CC2(CN(CC3CCCN3c3ccccc3C3CC3)C2)C1. The molecule has 1 unspecified atom stereocenters. The van der Waals surface area contributed by atoms with Gasteiger partial charge >= 0.3 is 6.09 Å². The Morgan fingerprint density at radius 3 is 2.52 bits per heavy atom. The van der Waals surface area contributed by atoms with E-state index in [1.165, 1.54) is 37.9 Å². The lowest BCUT2D eigenvalue weighted by Crippen LogP contribution is -2.73. The number of carbonyl (C=O) groups is 1. The fourth-order valence-electron chi connectivity index (χ4n) is 5.58. The molecule has 1 aromatic rings. The van der Waals surface area contributed by atoms with Crippen LogP contribution in [0.5, 0.6) is 0 Å². The zero-order chi connectivity index (χ0) is 20.2. The van der Waals surface area contributed by atoms with E-state index >= 15 is 0 Å². The zero-order valence-corrected chi connectivity index (χ0v) is 18.2. The van der Waals surface area contributed by atoms with Crippen LogP contribution in [0.4, 0.5) is 10.5 Å². The van der Waals surface area contributed by atoms with E-state index in [-0.39, 0.29) is 6.09 Å². The topological polar surface area (TPSA) is 36.0 Å². The monoisotopic (exact) mass is 397 g/mol. The fraction of sp³-hybridized carbons (Fsp3) is 0.708. The molecule has 158 valence electrons. The molecule has 5 heteroatoms. The van der Waals surface area contributed by atoms with Gasteiger partial charge in [0.15, 0.2) is 0 Å². The van der Waals surface area contributed by atoms with Crippen molar-refractivity contribution in [3.8, 4) is 0 Å². The molecular formula is C24H35N3O2. The van der Waals surface area contributed by atoms with Crippen LogP contribution in [0.3, 0.4) is 0 Å². The molecule has 3 saturated heterocycles. The highest BCUT2D eigenvalue weighted by atomic mass is 16.6. The van der Waals surface area contributed by atoms with Crippen LogP contribution in [0, 0.1) is 5.41 Å². The molecule has 1 spiro atoms.